The highest BCUT2D eigenvalue weighted by atomic mass is 35.5. The van der Waals surface area contributed by atoms with E-state index in [0.717, 1.165) is 50.9 Å². The fourth-order valence-electron chi connectivity index (χ4n) is 7.18. The summed E-state index contributed by atoms with van der Waals surface area (Å²) < 4.78 is 0. The minimum Gasteiger partial charge on any atom is -1.00 e. The van der Waals surface area contributed by atoms with E-state index < -0.39 is 0 Å². The standard InChI is InChI=1S/C18H36N6.C11H20ClN5.C10H16Cl2N4.2C7H17N.C3Cl3N3.CH5N.3ClH/c1-6-8-10-12-14-23(4)17-20-16(19-3)21-18(22-17)24(5)15-13-11-9-7-2;1-4-5-6-7-8-17(3)11-15-9(12)14-10(13-2)16-11;1-3-4-5-6-7-16(2)10-14-8(11)13-9(12)15-10;2*1-3-4-5-6-7-8-2;4-1-7-2(5)9-3(6)8-1;1-2;;;/h6-15H2,1-5H3,(H,19,20,21,22);4-8H2,1-3H3,(H,13,14,15,16);3-7H2,1-2H3;2*8H,3-7H2,1-2H3;;2H2,1H3;3*1H/p-3. The topological polar surface area (TPSA) is 242 Å². The minimum absolute atomic E-state index is 0. The second-order valence-corrected chi connectivity index (χ2v) is 21.6. The van der Waals surface area contributed by atoms with Gasteiger partial charge >= 0.3 is 0 Å². The normalized spacial score (nSPS) is 9.77. The van der Waals surface area contributed by atoms with E-state index in [-0.39, 0.29) is 68.9 Å². The first-order valence-corrected chi connectivity index (χ1v) is 32.7. The fourth-order valence-corrected chi connectivity index (χ4v) is 8.30. The van der Waals surface area contributed by atoms with Crippen molar-refractivity contribution < 1.29 is 37.2 Å². The summed E-state index contributed by atoms with van der Waals surface area (Å²) in [7, 11) is 17.1. The zero-order valence-electron chi connectivity index (χ0n) is 55.3. The maximum Gasteiger partial charge on any atom is 0.231 e. The van der Waals surface area contributed by atoms with Gasteiger partial charge in [0.2, 0.25) is 67.4 Å². The van der Waals surface area contributed by atoms with Crippen molar-refractivity contribution in [2.24, 2.45) is 5.73 Å². The Labute approximate surface area is 575 Å². The lowest BCUT2D eigenvalue weighted by Gasteiger charge is -2.21. The Morgan fingerprint density at radius 1 is 0.287 bits per heavy atom. The van der Waals surface area contributed by atoms with Crippen LogP contribution >= 0.6 is 69.6 Å². The lowest BCUT2D eigenvalue weighted by molar-refractivity contribution is -0.00100. The van der Waals surface area contributed by atoms with E-state index in [1.807, 2.05) is 45.0 Å². The molecule has 0 fully saturated rings. The number of hydrogen-bond acceptors (Lipinski definition) is 21. The van der Waals surface area contributed by atoms with Crippen molar-refractivity contribution in [2.45, 2.75) is 196 Å². The average Bonchev–Trinajstić information content (AvgIpc) is 3.59. The summed E-state index contributed by atoms with van der Waals surface area (Å²) in [5, 5.41) is 12.7. The molecular formula is C57H111Cl9N21-3. The highest BCUT2D eigenvalue weighted by molar-refractivity contribution is 6.33. The number of unbranched alkanes of at least 4 members (excludes halogenated alkanes) is 18. The SMILES string of the molecule is CCCCCCN(C)c1nc(Cl)nc(Cl)n1.CCCCCCN(C)c1nc(Cl)nc(NC)n1.CCCCCCN(C)c1nc(NC)nc(N(C)CCCCCC)n1.CCCCCCNC.CCCCCCNC.CN.Clc1nc(Cl)nc(Cl)n1.[Cl-].[Cl-].[Cl-]. The molecule has 0 aliphatic heterocycles. The van der Waals surface area contributed by atoms with Crippen molar-refractivity contribution in [1.29, 1.82) is 0 Å². The molecule has 6 N–H and O–H groups in total. The lowest BCUT2D eigenvalue weighted by atomic mass is 10.2. The molecule has 510 valence electrons. The van der Waals surface area contributed by atoms with Crippen molar-refractivity contribution in [2.75, 3.05) is 133 Å². The van der Waals surface area contributed by atoms with Gasteiger partial charge in [-0.1, -0.05) is 157 Å². The molecule has 0 spiro atoms. The molecule has 0 amide bonds. The minimum atomic E-state index is 0. The van der Waals surface area contributed by atoms with Crippen LogP contribution in [0, 0.1) is 0 Å². The van der Waals surface area contributed by atoms with E-state index in [1.54, 1.807) is 7.05 Å². The number of rotatable bonds is 36. The van der Waals surface area contributed by atoms with Crippen molar-refractivity contribution >= 4 is 105 Å². The molecule has 4 aromatic rings. The molecule has 0 aliphatic rings. The summed E-state index contributed by atoms with van der Waals surface area (Å²) in [6.07, 6.45) is 30.6. The van der Waals surface area contributed by atoms with Crippen molar-refractivity contribution in [3.63, 3.8) is 0 Å². The van der Waals surface area contributed by atoms with Gasteiger partial charge in [-0.15, -0.1) is 0 Å². The predicted octanol–water partition coefficient (Wildman–Crippen LogP) is 5.72. The van der Waals surface area contributed by atoms with Crippen LogP contribution in [0.1, 0.15) is 196 Å². The summed E-state index contributed by atoms with van der Waals surface area (Å²) in [6.45, 7) is 19.5. The maximum atomic E-state index is 5.83. The van der Waals surface area contributed by atoms with Gasteiger partial charge in [0.1, 0.15) is 0 Å². The van der Waals surface area contributed by atoms with Gasteiger partial charge in [0.05, 0.1) is 0 Å². The molecule has 0 aromatic carbocycles. The number of halogens is 9. The maximum absolute atomic E-state index is 5.83. The summed E-state index contributed by atoms with van der Waals surface area (Å²) in [5.41, 5.74) is 4.50. The number of anilines is 6. The Bertz CT molecular complexity index is 1990. The number of nitrogens with two attached hydrogens (primary N) is 1. The van der Waals surface area contributed by atoms with Crippen molar-refractivity contribution in [3.05, 3.63) is 31.7 Å². The molecule has 0 saturated heterocycles. The molecule has 21 nitrogen and oxygen atoms in total. The van der Waals surface area contributed by atoms with E-state index in [0.29, 0.717) is 23.8 Å². The van der Waals surface area contributed by atoms with Crippen LogP contribution < -0.4 is 83.8 Å². The average molecular weight is 1410 g/mol. The first-order valence-electron chi connectivity index (χ1n) is 30.5. The van der Waals surface area contributed by atoms with Gasteiger partial charge in [0, 0.05) is 68.5 Å². The summed E-state index contributed by atoms with van der Waals surface area (Å²) in [4.78, 5) is 56.3. The number of aromatic nitrogens is 12. The van der Waals surface area contributed by atoms with Crippen LogP contribution in [0.2, 0.25) is 31.7 Å². The highest BCUT2D eigenvalue weighted by Crippen LogP contribution is 2.18. The first kappa shape index (κ1) is 95.4. The van der Waals surface area contributed by atoms with Gasteiger partial charge < -0.3 is 83.8 Å². The molecule has 4 rings (SSSR count). The van der Waals surface area contributed by atoms with Crippen LogP contribution in [0.3, 0.4) is 0 Å². The fraction of sp³-hybridized carbons (Fsp3) is 0.789. The zero-order chi connectivity index (χ0) is 63.8. The van der Waals surface area contributed by atoms with Crippen LogP contribution in [0.25, 0.3) is 0 Å². The quantitative estimate of drug-likeness (QED) is 0.0342. The highest BCUT2D eigenvalue weighted by Gasteiger charge is 2.14. The Hall–Kier alpha value is -2.67. The van der Waals surface area contributed by atoms with Crippen molar-refractivity contribution in [1.82, 2.24) is 70.4 Å². The number of hydrogen-bond donors (Lipinski definition) is 5. The van der Waals surface area contributed by atoms with Crippen LogP contribution in [-0.4, -0.2) is 163 Å². The third kappa shape index (κ3) is 55.9. The molecule has 0 radical (unpaired) electrons. The third-order valence-corrected chi connectivity index (χ3v) is 13.1. The molecule has 0 bridgehead atoms. The third-order valence-electron chi connectivity index (χ3n) is 12.1. The van der Waals surface area contributed by atoms with Gasteiger partial charge in [-0.05, 0) is 142 Å². The number of nitrogens with zero attached hydrogens (tertiary/aromatic N) is 16. The van der Waals surface area contributed by atoms with Crippen LogP contribution in [-0.2, 0) is 0 Å². The van der Waals surface area contributed by atoms with Crippen LogP contribution in [0.15, 0.2) is 0 Å². The van der Waals surface area contributed by atoms with Gasteiger partial charge in [-0.25, -0.2) is 0 Å². The predicted molar refractivity (Wildman–Crippen MR) is 364 cm³/mol. The zero-order valence-corrected chi connectivity index (χ0v) is 62.2. The first-order chi connectivity index (χ1) is 40.4. The summed E-state index contributed by atoms with van der Waals surface area (Å²) >= 11 is 33.2. The van der Waals surface area contributed by atoms with Crippen molar-refractivity contribution in [3.8, 4) is 0 Å². The van der Waals surface area contributed by atoms with Crippen LogP contribution in [0.5, 0.6) is 0 Å². The molecule has 0 aliphatic carbocycles. The molecule has 0 unspecified atom stereocenters. The van der Waals surface area contributed by atoms with Gasteiger partial charge in [0.15, 0.2) is 0 Å². The molecular weight excluding hydrogens is 1300 g/mol. The molecule has 87 heavy (non-hydrogen) atoms. The van der Waals surface area contributed by atoms with E-state index in [4.69, 9.17) is 69.6 Å². The molecule has 30 heteroatoms. The van der Waals surface area contributed by atoms with Gasteiger partial charge in [-0.3, -0.25) is 0 Å². The smallest absolute Gasteiger partial charge is 0.231 e. The second-order valence-electron chi connectivity index (χ2n) is 19.6. The summed E-state index contributed by atoms with van der Waals surface area (Å²) in [6, 6.07) is 0. The Morgan fingerprint density at radius 3 is 0.736 bits per heavy atom. The molecule has 0 saturated carbocycles. The molecule has 4 heterocycles. The van der Waals surface area contributed by atoms with Crippen LogP contribution in [0.4, 0.5) is 35.7 Å². The van der Waals surface area contributed by atoms with Gasteiger partial charge in [0.25, 0.3) is 0 Å². The second kappa shape index (κ2) is 67.7. The Morgan fingerprint density at radius 2 is 0.494 bits per heavy atom. The number of nitrogens with one attached hydrogen (secondary N) is 4. The Balaban J connectivity index is -0.000000234. The summed E-state index contributed by atoms with van der Waals surface area (Å²) in [5.74, 6) is 3.78. The van der Waals surface area contributed by atoms with E-state index in [2.05, 4.69) is 152 Å². The molecule has 0 atom stereocenters. The monoisotopic (exact) mass is 1400 g/mol. The van der Waals surface area contributed by atoms with E-state index in [1.165, 1.54) is 161 Å². The van der Waals surface area contributed by atoms with E-state index >= 15 is 0 Å². The Kier molecular flexibility index (Phi) is 74.3. The van der Waals surface area contributed by atoms with E-state index in [9.17, 15) is 0 Å². The van der Waals surface area contributed by atoms with Gasteiger partial charge in [-0.2, -0.15) is 59.8 Å². The lowest BCUT2D eigenvalue weighted by Crippen LogP contribution is -3.00. The largest absolute Gasteiger partial charge is 1.00 e. The molecule has 4 aromatic heterocycles.